The minimum Gasteiger partial charge on any atom is -0.385 e. The second-order valence-corrected chi connectivity index (χ2v) is 11.0. The van der Waals surface area contributed by atoms with Crippen LogP contribution in [0.5, 0.6) is 0 Å². The average Bonchev–Trinajstić information content (AvgIpc) is 2.91. The number of hydrogen-bond donors (Lipinski definition) is 0. The molecule has 0 aromatic rings. The Hall–Kier alpha value is -0.250. The molecule has 4 rings (SSSR count). The fourth-order valence-electron chi connectivity index (χ4n) is 8.76. The predicted octanol–water partition coefficient (Wildman–Crippen LogP) is 7.11. The van der Waals surface area contributed by atoms with Gasteiger partial charge in [-0.05, 0) is 111 Å². The van der Waals surface area contributed by atoms with Crippen LogP contribution >= 0.6 is 0 Å². The van der Waals surface area contributed by atoms with E-state index in [0.29, 0.717) is 36.0 Å². The number of halogens is 3. The van der Waals surface area contributed by atoms with Crippen molar-refractivity contribution < 1.29 is 17.9 Å². The lowest BCUT2D eigenvalue weighted by atomic mass is 9.48. The first kappa shape index (κ1) is 21.0. The summed E-state index contributed by atoms with van der Waals surface area (Å²) < 4.78 is 45.1. The second kappa shape index (κ2) is 7.78. The average molecular weight is 401 g/mol. The van der Waals surface area contributed by atoms with E-state index in [2.05, 4.69) is 13.8 Å². The second-order valence-electron chi connectivity index (χ2n) is 11.0. The van der Waals surface area contributed by atoms with E-state index in [4.69, 9.17) is 4.74 Å². The normalized spacial score (nSPS) is 48.6. The lowest BCUT2D eigenvalue weighted by Gasteiger charge is -2.57. The third kappa shape index (κ3) is 3.54. The fourth-order valence-corrected chi connectivity index (χ4v) is 8.76. The molecule has 9 atom stereocenters. The number of alkyl halides is 3. The molecule has 3 unspecified atom stereocenters. The molecule has 4 saturated carbocycles. The van der Waals surface area contributed by atoms with Crippen molar-refractivity contribution >= 4 is 0 Å². The predicted molar refractivity (Wildman–Crippen MR) is 106 cm³/mol. The van der Waals surface area contributed by atoms with Crippen molar-refractivity contribution in [3.05, 3.63) is 0 Å². The molecule has 162 valence electrons. The third-order valence-electron chi connectivity index (χ3n) is 9.82. The Morgan fingerprint density at radius 2 is 1.71 bits per heavy atom. The van der Waals surface area contributed by atoms with Crippen molar-refractivity contribution in [1.82, 2.24) is 0 Å². The van der Waals surface area contributed by atoms with Crippen LogP contribution in [0.25, 0.3) is 0 Å². The maximum Gasteiger partial charge on any atom is 0.391 e. The molecule has 0 N–H and O–H groups in total. The van der Waals surface area contributed by atoms with Crippen molar-refractivity contribution in [2.45, 2.75) is 84.2 Å². The maximum atomic E-state index is 13.3. The van der Waals surface area contributed by atoms with Gasteiger partial charge in [-0.25, -0.2) is 0 Å². The molecular formula is C24H39F3O. The Balaban J connectivity index is 1.47. The van der Waals surface area contributed by atoms with E-state index >= 15 is 0 Å². The largest absolute Gasteiger partial charge is 0.391 e. The molecule has 0 aromatic heterocycles. The molecule has 0 spiro atoms. The van der Waals surface area contributed by atoms with Gasteiger partial charge in [-0.15, -0.1) is 0 Å². The Morgan fingerprint density at radius 3 is 2.43 bits per heavy atom. The molecule has 0 heterocycles. The van der Waals surface area contributed by atoms with Crippen LogP contribution < -0.4 is 0 Å². The fraction of sp³-hybridized carbons (Fsp3) is 1.00. The van der Waals surface area contributed by atoms with Gasteiger partial charge in [0.05, 0.1) is 5.92 Å². The van der Waals surface area contributed by atoms with Crippen LogP contribution in [0.2, 0.25) is 0 Å². The number of ether oxygens (including phenoxy) is 1. The molecule has 4 aliphatic carbocycles. The molecule has 4 heteroatoms. The lowest BCUT2D eigenvalue weighted by Crippen LogP contribution is -2.50. The first-order valence-corrected chi connectivity index (χ1v) is 11.8. The van der Waals surface area contributed by atoms with Gasteiger partial charge in [0.1, 0.15) is 0 Å². The highest BCUT2D eigenvalue weighted by Gasteiger charge is 2.59. The Kier molecular flexibility index (Phi) is 5.83. The van der Waals surface area contributed by atoms with Gasteiger partial charge < -0.3 is 4.74 Å². The standard InChI is InChI=1S/C24H39F3O/c1-15-13-17(5-4-12-28-3)23(2)11-10-20-19-9-7-18(24(25,26)27)14-16(19)6-8-21(20)22(15)23/h15-22H,4-14H2,1-3H3/t15-,16-,17?,18+,19+,20?,21-,22?,23-/m1/s1. The number of fused-ring (bicyclic) bond motifs is 5. The van der Waals surface area contributed by atoms with E-state index in [0.717, 1.165) is 49.5 Å². The van der Waals surface area contributed by atoms with Gasteiger partial charge in [0.25, 0.3) is 0 Å². The summed E-state index contributed by atoms with van der Waals surface area (Å²) in [5.41, 5.74) is 0.449. The highest BCUT2D eigenvalue weighted by Crippen LogP contribution is 2.66. The van der Waals surface area contributed by atoms with Gasteiger partial charge in [0.2, 0.25) is 0 Å². The SMILES string of the molecule is COCCCC1C[C@@H](C)C2[C@@H]3CC[C@@H]4C[C@@H](C(F)(F)F)CC[C@@H]4C3CC[C@]12C. The monoisotopic (exact) mass is 400 g/mol. The minimum absolute atomic E-state index is 0.334. The van der Waals surface area contributed by atoms with E-state index < -0.39 is 12.1 Å². The molecule has 0 saturated heterocycles. The highest BCUT2D eigenvalue weighted by atomic mass is 19.4. The maximum absolute atomic E-state index is 13.3. The molecule has 28 heavy (non-hydrogen) atoms. The topological polar surface area (TPSA) is 9.23 Å². The molecule has 4 aliphatic rings. The van der Waals surface area contributed by atoms with E-state index in [1.165, 1.54) is 32.1 Å². The van der Waals surface area contributed by atoms with Crippen LogP contribution in [-0.4, -0.2) is 19.9 Å². The summed E-state index contributed by atoms with van der Waals surface area (Å²) in [7, 11) is 1.79. The van der Waals surface area contributed by atoms with Gasteiger partial charge in [0.15, 0.2) is 0 Å². The van der Waals surface area contributed by atoms with E-state index in [1.807, 2.05) is 0 Å². The lowest BCUT2D eigenvalue weighted by molar-refractivity contribution is -0.196. The summed E-state index contributed by atoms with van der Waals surface area (Å²) in [4.78, 5) is 0. The van der Waals surface area contributed by atoms with Gasteiger partial charge in [-0.3, -0.25) is 0 Å². The van der Waals surface area contributed by atoms with Crippen molar-refractivity contribution in [3.8, 4) is 0 Å². The highest BCUT2D eigenvalue weighted by molar-refractivity contribution is 5.08. The number of rotatable bonds is 4. The third-order valence-corrected chi connectivity index (χ3v) is 9.82. The van der Waals surface area contributed by atoms with Crippen molar-refractivity contribution in [2.75, 3.05) is 13.7 Å². The van der Waals surface area contributed by atoms with Gasteiger partial charge in [-0.2, -0.15) is 13.2 Å². The number of hydrogen-bond acceptors (Lipinski definition) is 1. The Bertz CT molecular complexity index is 546. The summed E-state index contributed by atoms with van der Waals surface area (Å²) in [6.45, 7) is 5.89. The van der Waals surface area contributed by atoms with Crippen LogP contribution in [-0.2, 0) is 4.74 Å². The smallest absolute Gasteiger partial charge is 0.385 e. The first-order valence-electron chi connectivity index (χ1n) is 11.8. The van der Waals surface area contributed by atoms with Gasteiger partial charge in [0, 0.05) is 13.7 Å². The quantitative estimate of drug-likeness (QED) is 0.457. The Labute approximate surface area is 169 Å². The minimum atomic E-state index is -3.98. The molecule has 0 aliphatic heterocycles. The molecule has 0 aromatic carbocycles. The zero-order chi connectivity index (χ0) is 20.1. The summed E-state index contributed by atoms with van der Waals surface area (Å²) in [6, 6.07) is 0. The van der Waals surface area contributed by atoms with Crippen LogP contribution in [0.15, 0.2) is 0 Å². The van der Waals surface area contributed by atoms with Crippen LogP contribution in [0.1, 0.15) is 78.1 Å². The van der Waals surface area contributed by atoms with E-state index in [9.17, 15) is 13.2 Å². The molecule has 0 bridgehead atoms. The van der Waals surface area contributed by atoms with Crippen molar-refractivity contribution in [3.63, 3.8) is 0 Å². The van der Waals surface area contributed by atoms with Gasteiger partial charge >= 0.3 is 6.18 Å². The van der Waals surface area contributed by atoms with Crippen LogP contribution in [0.3, 0.4) is 0 Å². The van der Waals surface area contributed by atoms with Crippen LogP contribution in [0.4, 0.5) is 13.2 Å². The van der Waals surface area contributed by atoms with Crippen LogP contribution in [0, 0.1) is 52.8 Å². The summed E-state index contributed by atoms with van der Waals surface area (Å²) in [5.74, 6) is 3.71. The zero-order valence-electron chi connectivity index (χ0n) is 17.9. The van der Waals surface area contributed by atoms with E-state index in [-0.39, 0.29) is 0 Å². The Morgan fingerprint density at radius 1 is 0.964 bits per heavy atom. The summed E-state index contributed by atoms with van der Waals surface area (Å²) in [6.07, 6.45) is 6.22. The van der Waals surface area contributed by atoms with Crippen molar-refractivity contribution in [1.29, 1.82) is 0 Å². The zero-order valence-corrected chi connectivity index (χ0v) is 17.9. The van der Waals surface area contributed by atoms with Crippen molar-refractivity contribution in [2.24, 2.45) is 52.8 Å². The molecular weight excluding hydrogens is 361 g/mol. The van der Waals surface area contributed by atoms with E-state index in [1.54, 1.807) is 7.11 Å². The molecule has 0 radical (unpaired) electrons. The molecule has 0 amide bonds. The molecule has 1 nitrogen and oxygen atoms in total. The first-order chi connectivity index (χ1) is 13.3. The number of methoxy groups -OCH3 is 1. The summed E-state index contributed by atoms with van der Waals surface area (Å²) >= 11 is 0. The molecule has 4 fully saturated rings. The summed E-state index contributed by atoms with van der Waals surface area (Å²) in [5, 5.41) is 0. The van der Waals surface area contributed by atoms with Gasteiger partial charge in [-0.1, -0.05) is 13.8 Å².